The Morgan fingerprint density at radius 3 is 2.53 bits per heavy atom. The van der Waals surface area contributed by atoms with Crippen molar-refractivity contribution < 1.29 is 14.6 Å². The summed E-state index contributed by atoms with van der Waals surface area (Å²) in [6.45, 7) is 9.70. The highest BCUT2D eigenvalue weighted by Crippen LogP contribution is 2.63. The summed E-state index contributed by atoms with van der Waals surface area (Å²) >= 11 is 0. The van der Waals surface area contributed by atoms with Crippen LogP contribution in [0.25, 0.3) is 0 Å². The maximum absolute atomic E-state index is 11.9. The second kappa shape index (κ2) is 4.07. The van der Waals surface area contributed by atoms with Gasteiger partial charge in [-0.3, -0.25) is 0 Å². The van der Waals surface area contributed by atoms with Gasteiger partial charge in [-0.25, -0.2) is 14.3 Å². The van der Waals surface area contributed by atoms with E-state index in [9.17, 15) is 9.90 Å². The number of aliphatic hydroxyl groups is 1. The Hall–Kier alpha value is -1.36. The molecule has 5 nitrogen and oxygen atoms in total. The Balaban J connectivity index is 2.19. The van der Waals surface area contributed by atoms with Crippen LogP contribution in [0.1, 0.15) is 46.7 Å². The van der Waals surface area contributed by atoms with Gasteiger partial charge in [0.25, 0.3) is 0 Å². The minimum Gasteiger partial charge on any atom is -0.443 e. The van der Waals surface area contributed by atoms with E-state index < -0.39 is 11.7 Å². The molecule has 5 heteroatoms. The molecule has 1 unspecified atom stereocenters. The van der Waals surface area contributed by atoms with E-state index in [0.29, 0.717) is 0 Å². The van der Waals surface area contributed by atoms with Crippen LogP contribution < -0.4 is 0 Å². The Morgan fingerprint density at radius 2 is 2.11 bits per heavy atom. The van der Waals surface area contributed by atoms with Gasteiger partial charge in [-0.2, -0.15) is 0 Å². The minimum absolute atomic E-state index is 0.0227. The van der Waals surface area contributed by atoms with Crippen LogP contribution in [0, 0.1) is 5.41 Å². The molecule has 1 heterocycles. The number of ether oxygens (including phenoxy) is 1. The lowest BCUT2D eigenvalue weighted by molar-refractivity contribution is 0.0536. The summed E-state index contributed by atoms with van der Waals surface area (Å²) in [7, 11) is 0. The van der Waals surface area contributed by atoms with Crippen LogP contribution in [0.15, 0.2) is 12.5 Å². The molecule has 1 aromatic heterocycles. The average Bonchev–Trinajstić information content (AvgIpc) is 2.65. The van der Waals surface area contributed by atoms with Gasteiger partial charge in [-0.05, 0) is 32.6 Å². The molecule has 0 aromatic carbocycles. The third kappa shape index (κ3) is 2.39. The number of hydrogen-bond acceptors (Lipinski definition) is 4. The number of aliphatic hydroxyl groups excluding tert-OH is 1. The van der Waals surface area contributed by atoms with Crippen LogP contribution >= 0.6 is 0 Å². The van der Waals surface area contributed by atoms with Crippen molar-refractivity contribution in [2.24, 2.45) is 5.41 Å². The highest BCUT2D eigenvalue weighted by atomic mass is 16.6. The quantitative estimate of drug-likeness (QED) is 0.892. The van der Waals surface area contributed by atoms with E-state index in [-0.39, 0.29) is 17.4 Å². The van der Waals surface area contributed by atoms with Gasteiger partial charge in [0, 0.05) is 11.6 Å². The van der Waals surface area contributed by atoms with E-state index in [2.05, 4.69) is 18.8 Å². The van der Waals surface area contributed by atoms with Crippen molar-refractivity contribution in [2.45, 2.75) is 52.1 Å². The molecule has 0 saturated heterocycles. The van der Waals surface area contributed by atoms with E-state index >= 15 is 0 Å². The first-order valence-corrected chi connectivity index (χ1v) is 6.50. The Labute approximate surface area is 113 Å². The van der Waals surface area contributed by atoms with E-state index in [1.165, 1.54) is 10.9 Å². The number of hydrogen-bond donors (Lipinski definition) is 1. The highest BCUT2D eigenvalue weighted by molar-refractivity contribution is 5.70. The fourth-order valence-electron chi connectivity index (χ4n) is 2.48. The SMILES string of the molecule is CC(C)(C)OC(=O)n1cnc(C2(CO)CC2(C)C)c1. The van der Waals surface area contributed by atoms with Gasteiger partial charge < -0.3 is 9.84 Å². The second-order valence-corrected chi connectivity index (χ2v) is 6.95. The normalized spacial score (nSPS) is 25.2. The molecule has 2 rings (SSSR count). The number of imidazole rings is 1. The van der Waals surface area contributed by atoms with Crippen LogP contribution in [0.4, 0.5) is 4.79 Å². The zero-order valence-corrected chi connectivity index (χ0v) is 12.2. The molecule has 0 amide bonds. The smallest absolute Gasteiger partial charge is 0.419 e. The van der Waals surface area contributed by atoms with Crippen LogP contribution in [0.5, 0.6) is 0 Å². The van der Waals surface area contributed by atoms with Gasteiger partial charge in [0.2, 0.25) is 0 Å². The van der Waals surface area contributed by atoms with Gasteiger partial charge in [0.15, 0.2) is 0 Å². The maximum atomic E-state index is 11.9. The molecule has 1 aliphatic rings. The van der Waals surface area contributed by atoms with E-state index in [4.69, 9.17) is 4.74 Å². The first-order chi connectivity index (χ1) is 8.61. The summed E-state index contributed by atoms with van der Waals surface area (Å²) in [5.74, 6) is 0. The number of carbonyl (C=O) groups is 1. The molecule has 1 N–H and O–H groups in total. The van der Waals surface area contributed by atoms with Crippen molar-refractivity contribution in [3.8, 4) is 0 Å². The Bertz CT molecular complexity index is 499. The molecule has 1 aromatic rings. The molecule has 0 radical (unpaired) electrons. The number of carbonyl (C=O) groups excluding carboxylic acids is 1. The van der Waals surface area contributed by atoms with E-state index in [0.717, 1.165) is 12.1 Å². The summed E-state index contributed by atoms with van der Waals surface area (Å²) in [6, 6.07) is 0. The third-order valence-corrected chi connectivity index (χ3v) is 3.86. The van der Waals surface area contributed by atoms with Gasteiger partial charge in [0.1, 0.15) is 11.9 Å². The maximum Gasteiger partial charge on any atom is 0.419 e. The molecule has 0 bridgehead atoms. The van der Waals surface area contributed by atoms with Crippen LogP contribution in [0.2, 0.25) is 0 Å². The molecule has 106 valence electrons. The van der Waals surface area contributed by atoms with Gasteiger partial charge in [-0.1, -0.05) is 13.8 Å². The van der Waals surface area contributed by atoms with Crippen molar-refractivity contribution >= 4 is 6.09 Å². The lowest BCUT2D eigenvalue weighted by Crippen LogP contribution is -2.26. The highest BCUT2D eigenvalue weighted by Gasteiger charge is 2.63. The Kier molecular flexibility index (Phi) is 3.01. The number of rotatable bonds is 2. The van der Waals surface area contributed by atoms with Crippen molar-refractivity contribution in [1.82, 2.24) is 9.55 Å². The zero-order valence-electron chi connectivity index (χ0n) is 12.2. The van der Waals surface area contributed by atoms with Crippen molar-refractivity contribution in [2.75, 3.05) is 6.61 Å². The molecule has 0 aliphatic heterocycles. The molecule has 0 spiro atoms. The molecule has 1 aliphatic carbocycles. The summed E-state index contributed by atoms with van der Waals surface area (Å²) in [6.07, 6.45) is 3.55. The number of aromatic nitrogens is 2. The third-order valence-electron chi connectivity index (χ3n) is 3.86. The lowest BCUT2D eigenvalue weighted by atomic mass is 9.94. The fraction of sp³-hybridized carbons (Fsp3) is 0.714. The van der Waals surface area contributed by atoms with E-state index in [1.807, 2.05) is 20.8 Å². The summed E-state index contributed by atoms with van der Waals surface area (Å²) < 4.78 is 6.62. The molecule has 1 saturated carbocycles. The molecule has 19 heavy (non-hydrogen) atoms. The van der Waals surface area contributed by atoms with Crippen LogP contribution in [-0.2, 0) is 10.2 Å². The summed E-state index contributed by atoms with van der Waals surface area (Å²) in [5.41, 5.74) is -0.0738. The van der Waals surface area contributed by atoms with Crippen molar-refractivity contribution in [3.05, 3.63) is 18.2 Å². The average molecular weight is 266 g/mol. The molecular weight excluding hydrogens is 244 g/mol. The lowest BCUT2D eigenvalue weighted by Gasteiger charge is -2.19. The van der Waals surface area contributed by atoms with Crippen molar-refractivity contribution in [3.63, 3.8) is 0 Å². The Morgan fingerprint density at radius 1 is 1.53 bits per heavy atom. The van der Waals surface area contributed by atoms with Gasteiger partial charge >= 0.3 is 6.09 Å². The largest absolute Gasteiger partial charge is 0.443 e. The van der Waals surface area contributed by atoms with Gasteiger partial charge in [0.05, 0.1) is 12.3 Å². The van der Waals surface area contributed by atoms with Crippen molar-refractivity contribution in [1.29, 1.82) is 0 Å². The standard InChI is InChI=1S/C14H22N2O3/c1-12(2,3)19-11(18)16-6-10(15-9-16)14(8-17)7-13(14,4)5/h6,9,17H,7-8H2,1-5H3. The van der Waals surface area contributed by atoms with Gasteiger partial charge in [-0.15, -0.1) is 0 Å². The molecular formula is C14H22N2O3. The second-order valence-electron chi connectivity index (χ2n) is 6.95. The topological polar surface area (TPSA) is 64.4 Å². The predicted octanol–water partition coefficient (Wildman–Crippen LogP) is 2.33. The first-order valence-electron chi connectivity index (χ1n) is 6.50. The monoisotopic (exact) mass is 266 g/mol. The fourth-order valence-corrected chi connectivity index (χ4v) is 2.48. The predicted molar refractivity (Wildman–Crippen MR) is 71.0 cm³/mol. The number of nitrogens with zero attached hydrogens (tertiary/aromatic N) is 2. The molecule has 1 atom stereocenters. The summed E-state index contributed by atoms with van der Waals surface area (Å²) in [4.78, 5) is 16.2. The first kappa shape index (κ1) is 14.1. The van der Waals surface area contributed by atoms with Crippen LogP contribution in [0.3, 0.4) is 0 Å². The minimum atomic E-state index is -0.533. The zero-order chi connectivity index (χ0) is 14.5. The summed E-state index contributed by atoms with van der Waals surface area (Å²) in [5, 5.41) is 9.61. The molecule has 1 fully saturated rings. The van der Waals surface area contributed by atoms with Crippen LogP contribution in [-0.4, -0.2) is 33.0 Å². The van der Waals surface area contributed by atoms with E-state index in [1.54, 1.807) is 6.20 Å².